The van der Waals surface area contributed by atoms with E-state index in [2.05, 4.69) is 33.6 Å². The maximum absolute atomic E-state index is 12.5. The molecule has 1 heterocycles. The third-order valence-corrected chi connectivity index (χ3v) is 3.86. The summed E-state index contributed by atoms with van der Waals surface area (Å²) in [5.74, 6) is -0.347. The number of aryl methyl sites for hydroxylation is 1. The van der Waals surface area contributed by atoms with E-state index >= 15 is 0 Å². The van der Waals surface area contributed by atoms with Crippen LogP contribution in [0.5, 0.6) is 0 Å². The Kier molecular flexibility index (Phi) is 4.61. The molecule has 22 heavy (non-hydrogen) atoms. The number of ether oxygens (including phenoxy) is 1. The first-order chi connectivity index (χ1) is 10.2. The molecule has 1 aromatic heterocycles. The number of esters is 1. The Labute approximate surface area is 143 Å². The fourth-order valence-corrected chi connectivity index (χ4v) is 3.07. The van der Waals surface area contributed by atoms with E-state index in [1.807, 2.05) is 39.8 Å². The fourth-order valence-electron chi connectivity index (χ4n) is 2.18. The Morgan fingerprint density at radius 2 is 1.86 bits per heavy atom. The van der Waals surface area contributed by atoms with E-state index in [4.69, 9.17) is 10.00 Å². The Bertz CT molecular complexity index is 747. The van der Waals surface area contributed by atoms with Crippen LogP contribution in [0.15, 0.2) is 24.3 Å². The third-order valence-electron chi connectivity index (χ3n) is 3.05. The van der Waals surface area contributed by atoms with E-state index in [0.717, 1.165) is 20.5 Å². The van der Waals surface area contributed by atoms with Crippen LogP contribution in [-0.2, 0) is 4.74 Å². The van der Waals surface area contributed by atoms with E-state index in [1.54, 1.807) is 12.1 Å². The predicted molar refractivity (Wildman–Crippen MR) is 93.6 cm³/mol. The van der Waals surface area contributed by atoms with Crippen LogP contribution in [0.2, 0.25) is 0 Å². The van der Waals surface area contributed by atoms with Gasteiger partial charge < -0.3 is 9.72 Å². The molecular formula is C17H17IN2O2. The van der Waals surface area contributed by atoms with Gasteiger partial charge in [0.05, 0.1) is 20.9 Å². The number of H-pyrrole nitrogens is 1. The van der Waals surface area contributed by atoms with Crippen molar-refractivity contribution in [2.75, 3.05) is 0 Å². The van der Waals surface area contributed by atoms with Gasteiger partial charge in [0.25, 0.3) is 0 Å². The number of hydrogen-bond donors (Lipinski definition) is 1. The Balaban J connectivity index is 2.52. The molecule has 4 nitrogen and oxygen atoms in total. The van der Waals surface area contributed by atoms with Gasteiger partial charge in [-0.15, -0.1) is 0 Å². The highest BCUT2D eigenvalue weighted by Gasteiger charge is 2.26. The van der Waals surface area contributed by atoms with Gasteiger partial charge in [-0.3, -0.25) is 0 Å². The van der Waals surface area contributed by atoms with Gasteiger partial charge in [-0.05, 0) is 68.0 Å². The smallest absolute Gasteiger partial charge is 0.341 e. The number of aromatic amines is 1. The second-order valence-electron chi connectivity index (χ2n) is 6.01. The zero-order valence-corrected chi connectivity index (χ0v) is 15.1. The molecule has 0 saturated heterocycles. The van der Waals surface area contributed by atoms with E-state index < -0.39 is 5.60 Å². The molecule has 2 aromatic rings. The SMILES string of the molecule is Cc1[nH]c(I)c(C(=O)OC(C)(C)C)c1-c1ccc(C#N)cc1. The van der Waals surface area contributed by atoms with Gasteiger partial charge in [-0.2, -0.15) is 5.26 Å². The zero-order chi connectivity index (χ0) is 16.5. The molecule has 0 aliphatic rings. The molecule has 5 heteroatoms. The number of aromatic nitrogens is 1. The molecule has 0 amide bonds. The number of carbonyl (C=O) groups excluding carboxylic acids is 1. The monoisotopic (exact) mass is 408 g/mol. The molecule has 2 rings (SSSR count). The standard InChI is InChI=1S/C17H17IN2O2/c1-10-13(12-7-5-11(9-19)6-8-12)14(15(18)20-10)16(21)22-17(2,3)4/h5-8,20H,1-4H3. The van der Waals surface area contributed by atoms with Crippen LogP contribution in [0.25, 0.3) is 11.1 Å². The summed E-state index contributed by atoms with van der Waals surface area (Å²) in [6.45, 7) is 7.46. The summed E-state index contributed by atoms with van der Waals surface area (Å²) in [6, 6.07) is 9.27. The number of hydrogen-bond acceptors (Lipinski definition) is 3. The molecule has 0 radical (unpaired) electrons. The molecule has 1 N–H and O–H groups in total. The molecule has 114 valence electrons. The van der Waals surface area contributed by atoms with Crippen molar-refractivity contribution in [2.24, 2.45) is 0 Å². The van der Waals surface area contributed by atoms with Gasteiger partial charge in [0.1, 0.15) is 5.60 Å². The number of carbonyl (C=O) groups is 1. The molecular weight excluding hydrogens is 391 g/mol. The molecule has 1 aromatic carbocycles. The first kappa shape index (κ1) is 16.6. The van der Waals surface area contributed by atoms with Crippen LogP contribution < -0.4 is 0 Å². The molecule has 0 saturated carbocycles. The highest BCUT2D eigenvalue weighted by molar-refractivity contribution is 14.1. The van der Waals surface area contributed by atoms with Crippen LogP contribution in [0.4, 0.5) is 0 Å². The van der Waals surface area contributed by atoms with Crippen molar-refractivity contribution in [1.82, 2.24) is 4.98 Å². The van der Waals surface area contributed by atoms with E-state index in [1.165, 1.54) is 0 Å². The summed E-state index contributed by atoms with van der Waals surface area (Å²) >= 11 is 2.11. The molecule has 0 fully saturated rings. The summed E-state index contributed by atoms with van der Waals surface area (Å²) in [7, 11) is 0. The number of halogens is 1. The number of nitrogens with zero attached hydrogens (tertiary/aromatic N) is 1. The summed E-state index contributed by atoms with van der Waals surface area (Å²) < 4.78 is 6.26. The largest absolute Gasteiger partial charge is 0.456 e. The lowest BCUT2D eigenvalue weighted by Crippen LogP contribution is -2.24. The van der Waals surface area contributed by atoms with Crippen LogP contribution in [0.1, 0.15) is 42.4 Å². The highest BCUT2D eigenvalue weighted by atomic mass is 127. The third kappa shape index (κ3) is 3.50. The first-order valence-corrected chi connectivity index (χ1v) is 7.93. The van der Waals surface area contributed by atoms with E-state index in [0.29, 0.717) is 11.1 Å². The average Bonchev–Trinajstić information content (AvgIpc) is 2.71. The minimum atomic E-state index is -0.548. The second-order valence-corrected chi connectivity index (χ2v) is 7.08. The molecule has 0 spiro atoms. The van der Waals surface area contributed by atoms with Crippen molar-refractivity contribution in [3.05, 3.63) is 44.8 Å². The predicted octanol–water partition coefficient (Wildman–Crippen LogP) is 4.42. The maximum Gasteiger partial charge on any atom is 0.341 e. The average molecular weight is 408 g/mol. The zero-order valence-electron chi connectivity index (χ0n) is 13.0. The summed E-state index contributed by atoms with van der Waals surface area (Å²) in [6.07, 6.45) is 0. The van der Waals surface area contributed by atoms with Crippen LogP contribution >= 0.6 is 22.6 Å². The first-order valence-electron chi connectivity index (χ1n) is 6.85. The van der Waals surface area contributed by atoms with Gasteiger partial charge in [0.2, 0.25) is 0 Å². The van der Waals surface area contributed by atoms with Crippen molar-refractivity contribution >= 4 is 28.6 Å². The number of nitriles is 1. The lowest BCUT2D eigenvalue weighted by atomic mass is 10.0. The Hall–Kier alpha value is -1.81. The number of benzene rings is 1. The van der Waals surface area contributed by atoms with Crippen molar-refractivity contribution in [1.29, 1.82) is 5.26 Å². The molecule has 0 aliphatic carbocycles. The lowest BCUT2D eigenvalue weighted by Gasteiger charge is -2.20. The fraction of sp³-hybridized carbons (Fsp3) is 0.294. The van der Waals surface area contributed by atoms with Crippen molar-refractivity contribution in [3.63, 3.8) is 0 Å². The van der Waals surface area contributed by atoms with Crippen LogP contribution in [-0.4, -0.2) is 16.6 Å². The quantitative estimate of drug-likeness (QED) is 0.591. The van der Waals surface area contributed by atoms with Crippen molar-refractivity contribution in [2.45, 2.75) is 33.3 Å². The Morgan fingerprint density at radius 1 is 1.27 bits per heavy atom. The minimum Gasteiger partial charge on any atom is -0.456 e. The molecule has 0 unspecified atom stereocenters. The van der Waals surface area contributed by atoms with Gasteiger partial charge in [-0.1, -0.05) is 12.1 Å². The lowest BCUT2D eigenvalue weighted by molar-refractivity contribution is 0.00694. The topological polar surface area (TPSA) is 65.9 Å². The van der Waals surface area contributed by atoms with Crippen LogP contribution in [0.3, 0.4) is 0 Å². The highest BCUT2D eigenvalue weighted by Crippen LogP contribution is 2.32. The van der Waals surface area contributed by atoms with Gasteiger partial charge in [-0.25, -0.2) is 4.79 Å². The van der Waals surface area contributed by atoms with Gasteiger partial charge in [0, 0.05) is 11.3 Å². The summed E-state index contributed by atoms with van der Waals surface area (Å²) in [4.78, 5) is 15.7. The normalized spacial score (nSPS) is 11.1. The Morgan fingerprint density at radius 3 is 2.36 bits per heavy atom. The van der Waals surface area contributed by atoms with Crippen molar-refractivity contribution in [3.8, 4) is 17.2 Å². The minimum absolute atomic E-state index is 0.347. The summed E-state index contributed by atoms with van der Waals surface area (Å²) in [5.41, 5.74) is 3.19. The summed E-state index contributed by atoms with van der Waals surface area (Å²) in [5, 5.41) is 8.90. The number of rotatable bonds is 2. The van der Waals surface area contributed by atoms with E-state index in [9.17, 15) is 4.79 Å². The van der Waals surface area contributed by atoms with Gasteiger partial charge in [0.15, 0.2) is 0 Å². The second kappa shape index (κ2) is 6.13. The van der Waals surface area contributed by atoms with Crippen molar-refractivity contribution < 1.29 is 9.53 Å². The van der Waals surface area contributed by atoms with Crippen LogP contribution in [0, 0.1) is 22.0 Å². The van der Waals surface area contributed by atoms with Gasteiger partial charge >= 0.3 is 5.97 Å². The molecule has 0 aliphatic heterocycles. The van der Waals surface area contributed by atoms with E-state index in [-0.39, 0.29) is 5.97 Å². The number of nitrogens with one attached hydrogen (secondary N) is 1. The maximum atomic E-state index is 12.5. The molecule has 0 atom stereocenters. The molecule has 0 bridgehead atoms.